The molecule has 0 aliphatic rings. The first-order valence-corrected chi connectivity index (χ1v) is 11.9. The molecule has 1 N–H and O–H groups in total. The van der Waals surface area contributed by atoms with Crippen molar-refractivity contribution in [3.05, 3.63) is 95.6 Å². The van der Waals surface area contributed by atoms with Crippen LogP contribution in [-0.4, -0.2) is 45.6 Å². The van der Waals surface area contributed by atoms with Gasteiger partial charge in [0.1, 0.15) is 11.5 Å². The summed E-state index contributed by atoms with van der Waals surface area (Å²) in [7, 11) is 0. The molecule has 2 aromatic heterocycles. The molecule has 1 atom stereocenters. The van der Waals surface area contributed by atoms with Gasteiger partial charge in [0.25, 0.3) is 0 Å². The van der Waals surface area contributed by atoms with Gasteiger partial charge in [0.15, 0.2) is 0 Å². The van der Waals surface area contributed by atoms with E-state index in [0.717, 1.165) is 34.0 Å². The van der Waals surface area contributed by atoms with Crippen LogP contribution in [-0.2, 0) is 17.8 Å². The van der Waals surface area contributed by atoms with Crippen molar-refractivity contribution in [3.8, 4) is 17.3 Å². The fraction of sp³-hybridized carbons (Fsp3) is 0.321. The summed E-state index contributed by atoms with van der Waals surface area (Å²) in [5, 5.41) is 15.4. The third-order valence-electron chi connectivity index (χ3n) is 5.67. The van der Waals surface area contributed by atoms with Gasteiger partial charge in [0.2, 0.25) is 5.88 Å². The fourth-order valence-corrected chi connectivity index (χ4v) is 4.00. The Kier molecular flexibility index (Phi) is 8.36. The number of aryl methyl sites for hydroxylation is 2. The topological polar surface area (TPSA) is 72.9 Å². The monoisotopic (exact) mass is 475 g/mol. The minimum Gasteiger partial charge on any atom is -0.468 e. The Bertz CT molecular complexity index is 1190. The smallest absolute Gasteiger partial charge is 0.227 e. The van der Waals surface area contributed by atoms with Crippen LogP contribution in [0.15, 0.2) is 77.4 Å². The van der Waals surface area contributed by atoms with Gasteiger partial charge in [-0.05, 0) is 62.7 Å². The molecule has 0 radical (unpaired) electrons. The number of aliphatic hydroxyl groups excluding tert-OH is 1. The Morgan fingerprint density at radius 3 is 2.57 bits per heavy atom. The molecule has 2 aromatic carbocycles. The summed E-state index contributed by atoms with van der Waals surface area (Å²) >= 11 is 0. The van der Waals surface area contributed by atoms with E-state index in [1.165, 1.54) is 0 Å². The highest BCUT2D eigenvalue weighted by molar-refractivity contribution is 5.43. The number of nitrogens with zero attached hydrogens (tertiary/aromatic N) is 3. The first kappa shape index (κ1) is 24.7. The van der Waals surface area contributed by atoms with Crippen LogP contribution in [0.25, 0.3) is 5.69 Å². The largest absolute Gasteiger partial charge is 0.468 e. The Labute approximate surface area is 206 Å². The lowest BCUT2D eigenvalue weighted by molar-refractivity contribution is 0.0166. The maximum absolute atomic E-state index is 10.6. The Morgan fingerprint density at radius 1 is 1.03 bits per heavy atom. The van der Waals surface area contributed by atoms with E-state index in [1.54, 1.807) is 6.26 Å². The van der Waals surface area contributed by atoms with Gasteiger partial charge in [0.05, 0.1) is 42.5 Å². The Morgan fingerprint density at radius 2 is 1.86 bits per heavy atom. The average Bonchev–Trinajstić information content (AvgIpc) is 3.47. The van der Waals surface area contributed by atoms with E-state index in [1.807, 2.05) is 92.2 Å². The molecule has 35 heavy (non-hydrogen) atoms. The van der Waals surface area contributed by atoms with Crippen molar-refractivity contribution in [1.29, 1.82) is 0 Å². The molecular weight excluding hydrogens is 442 g/mol. The summed E-state index contributed by atoms with van der Waals surface area (Å²) in [5.41, 5.74) is 3.84. The molecule has 0 amide bonds. The number of aliphatic hydroxyl groups is 1. The van der Waals surface area contributed by atoms with E-state index in [-0.39, 0.29) is 6.61 Å². The van der Waals surface area contributed by atoms with Crippen LogP contribution in [0.5, 0.6) is 11.6 Å². The number of benzene rings is 2. The molecular formula is C28H33N3O4. The van der Waals surface area contributed by atoms with Crippen LogP contribution in [0.1, 0.15) is 29.5 Å². The number of rotatable bonds is 12. The highest BCUT2D eigenvalue weighted by Gasteiger charge is 2.23. The van der Waals surface area contributed by atoms with E-state index >= 15 is 0 Å². The van der Waals surface area contributed by atoms with Crippen molar-refractivity contribution in [2.45, 2.75) is 40.0 Å². The van der Waals surface area contributed by atoms with Crippen LogP contribution >= 0.6 is 0 Å². The lowest BCUT2D eigenvalue weighted by Gasteiger charge is -2.24. The molecule has 0 bridgehead atoms. The summed E-state index contributed by atoms with van der Waals surface area (Å²) in [6, 6.07) is 21.7. The van der Waals surface area contributed by atoms with Crippen molar-refractivity contribution < 1.29 is 19.0 Å². The van der Waals surface area contributed by atoms with Crippen LogP contribution < -0.4 is 4.74 Å². The third kappa shape index (κ3) is 6.60. The number of hydrogen-bond donors (Lipinski definition) is 1. The molecule has 0 aliphatic carbocycles. The van der Waals surface area contributed by atoms with Crippen molar-refractivity contribution in [3.63, 3.8) is 0 Å². The van der Waals surface area contributed by atoms with Gasteiger partial charge in [-0.15, -0.1) is 0 Å². The second-order valence-corrected chi connectivity index (χ2v) is 8.60. The van der Waals surface area contributed by atoms with Gasteiger partial charge in [-0.2, -0.15) is 5.10 Å². The van der Waals surface area contributed by atoms with Gasteiger partial charge < -0.3 is 19.0 Å². The third-order valence-corrected chi connectivity index (χ3v) is 5.67. The summed E-state index contributed by atoms with van der Waals surface area (Å²) in [4.78, 5) is 2.13. The molecule has 4 rings (SSSR count). The predicted molar refractivity (Wildman–Crippen MR) is 135 cm³/mol. The van der Waals surface area contributed by atoms with Gasteiger partial charge >= 0.3 is 0 Å². The number of furan rings is 1. The standard InChI is InChI=1S/C28H33N3O4/c1-4-33-20-24(32)17-30(18-26-14-9-15-34-26)19-27-22(3)29-31(23-11-6-5-7-12-23)28(27)35-25-13-8-10-21(2)16-25/h5-16,24,32H,4,17-20H2,1-3H3. The van der Waals surface area contributed by atoms with E-state index in [2.05, 4.69) is 4.90 Å². The normalized spacial score (nSPS) is 12.3. The predicted octanol–water partition coefficient (Wildman–Crippen LogP) is 5.27. The van der Waals surface area contributed by atoms with Crippen LogP contribution in [0.4, 0.5) is 0 Å². The molecule has 7 heteroatoms. The number of hydrogen-bond acceptors (Lipinski definition) is 6. The SMILES string of the molecule is CCOCC(O)CN(Cc1ccco1)Cc1c(C)nn(-c2ccccc2)c1Oc1cccc(C)c1. The first-order chi connectivity index (χ1) is 17.0. The van der Waals surface area contributed by atoms with Gasteiger partial charge in [-0.3, -0.25) is 4.90 Å². The summed E-state index contributed by atoms with van der Waals surface area (Å²) < 4.78 is 19.3. The van der Waals surface area contributed by atoms with E-state index < -0.39 is 6.10 Å². The Balaban J connectivity index is 1.69. The quantitative estimate of drug-likeness (QED) is 0.301. The maximum atomic E-state index is 10.6. The number of ether oxygens (including phenoxy) is 2. The number of aromatic nitrogens is 2. The minimum absolute atomic E-state index is 0.278. The van der Waals surface area contributed by atoms with Gasteiger partial charge in [-0.1, -0.05) is 30.3 Å². The molecule has 0 fully saturated rings. The zero-order valence-corrected chi connectivity index (χ0v) is 20.6. The van der Waals surface area contributed by atoms with E-state index in [0.29, 0.717) is 32.1 Å². The molecule has 184 valence electrons. The second-order valence-electron chi connectivity index (χ2n) is 8.60. The molecule has 0 spiro atoms. The minimum atomic E-state index is -0.629. The van der Waals surface area contributed by atoms with Crippen molar-refractivity contribution >= 4 is 0 Å². The van der Waals surface area contributed by atoms with Crippen molar-refractivity contribution in [2.75, 3.05) is 19.8 Å². The highest BCUT2D eigenvalue weighted by atomic mass is 16.5. The van der Waals surface area contributed by atoms with Crippen LogP contribution in [0, 0.1) is 13.8 Å². The Hall–Kier alpha value is -3.39. The summed E-state index contributed by atoms with van der Waals surface area (Å²) in [6.45, 7) is 8.26. The molecule has 0 aliphatic heterocycles. The van der Waals surface area contributed by atoms with Gasteiger partial charge in [-0.25, -0.2) is 4.68 Å². The average molecular weight is 476 g/mol. The van der Waals surface area contributed by atoms with Crippen molar-refractivity contribution in [1.82, 2.24) is 14.7 Å². The molecule has 0 saturated carbocycles. The van der Waals surface area contributed by atoms with Crippen molar-refractivity contribution in [2.24, 2.45) is 0 Å². The second kappa shape index (κ2) is 11.8. The zero-order chi connectivity index (χ0) is 24.6. The number of para-hydroxylation sites is 1. The molecule has 1 unspecified atom stereocenters. The molecule has 7 nitrogen and oxygen atoms in total. The fourth-order valence-electron chi connectivity index (χ4n) is 4.00. The van der Waals surface area contributed by atoms with Gasteiger partial charge in [0, 0.05) is 19.7 Å². The van der Waals surface area contributed by atoms with Crippen LogP contribution in [0.2, 0.25) is 0 Å². The molecule has 4 aromatic rings. The highest BCUT2D eigenvalue weighted by Crippen LogP contribution is 2.32. The van der Waals surface area contributed by atoms with E-state index in [4.69, 9.17) is 19.0 Å². The lowest BCUT2D eigenvalue weighted by atomic mass is 10.2. The van der Waals surface area contributed by atoms with E-state index in [9.17, 15) is 5.11 Å². The summed E-state index contributed by atoms with van der Waals surface area (Å²) in [6.07, 6.45) is 1.03. The zero-order valence-electron chi connectivity index (χ0n) is 20.6. The van der Waals surface area contributed by atoms with Crippen LogP contribution in [0.3, 0.4) is 0 Å². The summed E-state index contributed by atoms with van der Waals surface area (Å²) in [5.74, 6) is 2.23. The molecule has 2 heterocycles. The first-order valence-electron chi connectivity index (χ1n) is 11.9. The molecule has 0 saturated heterocycles. The lowest BCUT2D eigenvalue weighted by Crippen LogP contribution is -2.34. The maximum Gasteiger partial charge on any atom is 0.227 e.